The van der Waals surface area contributed by atoms with Crippen LogP contribution in [0.3, 0.4) is 0 Å². The van der Waals surface area contributed by atoms with Gasteiger partial charge in [-0.1, -0.05) is 0 Å². The van der Waals surface area contributed by atoms with Crippen molar-refractivity contribution in [3.63, 3.8) is 0 Å². The molecule has 0 N–H and O–H groups in total. The first kappa shape index (κ1) is 24.1. The van der Waals surface area contributed by atoms with Crippen LogP contribution in [0.15, 0.2) is 30.3 Å². The van der Waals surface area contributed by atoms with Gasteiger partial charge in [-0.3, -0.25) is 0 Å². The molecule has 0 radical (unpaired) electrons. The van der Waals surface area contributed by atoms with Crippen molar-refractivity contribution in [2.45, 2.75) is 0 Å². The summed E-state index contributed by atoms with van der Waals surface area (Å²) in [6.45, 7) is 0. The predicted molar refractivity (Wildman–Crippen MR) is 69.4 cm³/mol. The van der Waals surface area contributed by atoms with Crippen molar-refractivity contribution in [2.24, 2.45) is 0 Å². The molecular formula is C7H11Cl4O2Sb. The SMILES string of the molecule is Cl.Cl.Cl.Cl.O=C([O][SbH2])c1ccccc1. The van der Waals surface area contributed by atoms with E-state index in [1.807, 2.05) is 18.2 Å². The van der Waals surface area contributed by atoms with E-state index in [-0.39, 0.29) is 55.6 Å². The molecule has 14 heavy (non-hydrogen) atoms. The number of benzene rings is 1. The third-order valence-electron chi connectivity index (χ3n) is 1.12. The van der Waals surface area contributed by atoms with Crippen molar-refractivity contribution in [1.82, 2.24) is 0 Å². The first-order valence-electron chi connectivity index (χ1n) is 2.80. The van der Waals surface area contributed by atoms with Crippen LogP contribution in [0.4, 0.5) is 0 Å². The molecule has 0 aliphatic carbocycles. The molecule has 7 heteroatoms. The summed E-state index contributed by atoms with van der Waals surface area (Å²) in [5.41, 5.74) is 0.620. The van der Waals surface area contributed by atoms with Gasteiger partial charge in [0.25, 0.3) is 0 Å². The molecule has 0 aliphatic heterocycles. The number of hydrogen-bond acceptors (Lipinski definition) is 2. The quantitative estimate of drug-likeness (QED) is 0.686. The van der Waals surface area contributed by atoms with Gasteiger partial charge in [0.15, 0.2) is 0 Å². The number of rotatable bonds is 1. The van der Waals surface area contributed by atoms with Crippen LogP contribution in [0.5, 0.6) is 0 Å². The van der Waals surface area contributed by atoms with Crippen molar-refractivity contribution < 1.29 is 7.81 Å². The van der Waals surface area contributed by atoms with Crippen LogP contribution in [0, 0.1) is 0 Å². The molecule has 0 unspecified atom stereocenters. The molecule has 0 spiro atoms. The van der Waals surface area contributed by atoms with Crippen LogP contribution >= 0.6 is 49.6 Å². The third-order valence-corrected chi connectivity index (χ3v) is 1.73. The van der Waals surface area contributed by atoms with Gasteiger partial charge < -0.3 is 0 Å². The Morgan fingerprint density at radius 1 is 1.00 bits per heavy atom. The molecule has 0 fully saturated rings. The van der Waals surface area contributed by atoms with Crippen LogP contribution in [0.1, 0.15) is 10.4 Å². The van der Waals surface area contributed by atoms with Gasteiger partial charge in [-0.15, -0.1) is 49.6 Å². The fraction of sp³-hybridized carbons (Fsp3) is 0. The molecule has 0 bridgehead atoms. The zero-order chi connectivity index (χ0) is 7.40. The monoisotopic (exact) mass is 388 g/mol. The Balaban J connectivity index is -0.000000125. The zero-order valence-corrected chi connectivity index (χ0v) is 13.5. The summed E-state index contributed by atoms with van der Waals surface area (Å²) in [5, 5.41) is 0. The van der Waals surface area contributed by atoms with E-state index in [0.29, 0.717) is 29.0 Å². The molecule has 2 nitrogen and oxygen atoms in total. The van der Waals surface area contributed by atoms with Crippen molar-refractivity contribution >= 4 is 79.0 Å². The van der Waals surface area contributed by atoms with Crippen molar-refractivity contribution in [3.05, 3.63) is 35.9 Å². The Morgan fingerprint density at radius 2 is 1.43 bits per heavy atom. The van der Waals surface area contributed by atoms with E-state index in [2.05, 4.69) is 3.02 Å². The number of halogens is 4. The summed E-state index contributed by atoms with van der Waals surface area (Å²) < 4.78 is 4.63. The normalized spacial score (nSPS) is 6.36. The molecule has 0 aliphatic rings. The molecule has 0 atom stereocenters. The van der Waals surface area contributed by atoms with Crippen LogP contribution < -0.4 is 0 Å². The fourth-order valence-corrected chi connectivity index (χ4v) is 1.03. The maximum absolute atomic E-state index is 10.8. The van der Waals surface area contributed by atoms with E-state index in [1.54, 1.807) is 12.1 Å². The van der Waals surface area contributed by atoms with Gasteiger partial charge >= 0.3 is 73.1 Å². The van der Waals surface area contributed by atoms with Gasteiger partial charge in [0.2, 0.25) is 0 Å². The molecule has 1 aromatic rings. The summed E-state index contributed by atoms with van der Waals surface area (Å²) in [5.74, 6) is -0.233. The van der Waals surface area contributed by atoms with Gasteiger partial charge in [-0.25, -0.2) is 0 Å². The van der Waals surface area contributed by atoms with E-state index in [1.165, 1.54) is 0 Å². The van der Waals surface area contributed by atoms with Crippen molar-refractivity contribution in [3.8, 4) is 0 Å². The number of hydrogen-bond donors (Lipinski definition) is 0. The predicted octanol–water partition coefficient (Wildman–Crippen LogP) is 2.08. The van der Waals surface area contributed by atoms with Crippen molar-refractivity contribution in [1.29, 1.82) is 0 Å². The van der Waals surface area contributed by atoms with Gasteiger partial charge in [0.05, 0.1) is 0 Å². The molecule has 1 aromatic carbocycles. The van der Waals surface area contributed by atoms with Gasteiger partial charge in [-0.2, -0.15) is 0 Å². The van der Waals surface area contributed by atoms with Gasteiger partial charge in [0.1, 0.15) is 0 Å². The summed E-state index contributed by atoms with van der Waals surface area (Å²) in [6, 6.07) is 8.96. The first-order valence-corrected chi connectivity index (χ1v) is 4.15. The summed E-state index contributed by atoms with van der Waals surface area (Å²) >= 11 is 0.516. The minimum absolute atomic E-state index is 0. The standard InChI is InChI=1S/C7H6O2.4ClH.Sb.2H/c8-7(9)6-4-2-1-3-5-6;;;;;;;/h1-5H,(H,8,9);4*1H;;;/q;;;;;+1;;/p-1. The molecule has 0 saturated carbocycles. The molecule has 0 saturated heterocycles. The second-order valence-corrected chi connectivity index (χ2v) is 2.44. The van der Waals surface area contributed by atoms with E-state index >= 15 is 0 Å². The van der Waals surface area contributed by atoms with Gasteiger partial charge in [0, 0.05) is 0 Å². The summed E-state index contributed by atoms with van der Waals surface area (Å²) in [7, 11) is 0. The average Bonchev–Trinajstić information content (AvgIpc) is 2.05. The van der Waals surface area contributed by atoms with Crippen LogP contribution in [-0.4, -0.2) is 29.4 Å². The first-order chi connectivity index (χ1) is 4.84. The summed E-state index contributed by atoms with van der Waals surface area (Å²) in [4.78, 5) is 10.8. The third kappa shape index (κ3) is 8.02. The molecule has 0 heterocycles. The average molecular weight is 391 g/mol. The molecule has 0 aromatic heterocycles. The minimum atomic E-state index is -0.233. The van der Waals surface area contributed by atoms with Crippen molar-refractivity contribution in [2.75, 3.05) is 0 Å². The molecule has 84 valence electrons. The molecular weight excluding hydrogens is 380 g/mol. The van der Waals surface area contributed by atoms with E-state index in [4.69, 9.17) is 0 Å². The Bertz CT molecular complexity index is 232. The topological polar surface area (TPSA) is 26.3 Å². The Labute approximate surface area is 122 Å². The zero-order valence-electron chi connectivity index (χ0n) is 6.91. The second kappa shape index (κ2) is 13.7. The Hall–Kier alpha value is 0.668. The molecule has 0 amide bonds. The maximum atomic E-state index is 10.8. The van der Waals surface area contributed by atoms with Gasteiger partial charge in [-0.05, 0) is 0 Å². The van der Waals surface area contributed by atoms with Crippen LogP contribution in [0.2, 0.25) is 0 Å². The fourth-order valence-electron chi connectivity index (χ4n) is 0.642. The van der Waals surface area contributed by atoms with E-state index in [0.717, 1.165) is 0 Å². The Morgan fingerprint density at radius 3 is 1.79 bits per heavy atom. The number of carbonyl (C=O) groups is 1. The van der Waals surface area contributed by atoms with Crippen LogP contribution in [0.25, 0.3) is 0 Å². The van der Waals surface area contributed by atoms with E-state index in [9.17, 15) is 4.79 Å². The summed E-state index contributed by atoms with van der Waals surface area (Å²) in [6.07, 6.45) is 0. The number of carbonyl (C=O) groups excluding carboxylic acids is 1. The Kier molecular flexibility index (Phi) is 23.5. The van der Waals surface area contributed by atoms with E-state index < -0.39 is 0 Å². The second-order valence-electron chi connectivity index (χ2n) is 1.77. The van der Waals surface area contributed by atoms with Crippen LogP contribution in [-0.2, 0) is 3.02 Å². The molecule has 1 rings (SSSR count).